The van der Waals surface area contributed by atoms with Crippen molar-refractivity contribution < 1.29 is 17.9 Å². The summed E-state index contributed by atoms with van der Waals surface area (Å²) < 4.78 is 43.4. The van der Waals surface area contributed by atoms with Crippen LogP contribution in [-0.4, -0.2) is 22.6 Å². The summed E-state index contributed by atoms with van der Waals surface area (Å²) in [6.07, 6.45) is -3.32. The lowest BCUT2D eigenvalue weighted by Gasteiger charge is -2.15. The monoisotopic (exact) mass is 277 g/mol. The van der Waals surface area contributed by atoms with Gasteiger partial charge in [0.25, 0.3) is 0 Å². The normalized spacial score (nSPS) is 13.2. The molecule has 0 aliphatic rings. The number of aromatic nitrogens is 2. The Labute approximate surface area is 110 Å². The molecule has 0 saturated carbocycles. The molecule has 0 fully saturated rings. The van der Waals surface area contributed by atoms with Crippen LogP contribution in [0, 0.1) is 0 Å². The molecule has 1 unspecified atom stereocenters. The molecule has 1 N–H and O–H groups in total. The van der Waals surface area contributed by atoms with Crippen LogP contribution in [0.5, 0.6) is 5.88 Å². The van der Waals surface area contributed by atoms with Crippen molar-refractivity contribution >= 4 is 5.82 Å². The molecule has 7 heteroatoms. The average Bonchev–Trinajstić information content (AvgIpc) is 2.34. The van der Waals surface area contributed by atoms with E-state index < -0.39 is 12.0 Å². The van der Waals surface area contributed by atoms with E-state index in [0.717, 1.165) is 6.42 Å². The van der Waals surface area contributed by atoms with Crippen molar-refractivity contribution in [2.24, 2.45) is 0 Å². The summed E-state index contributed by atoms with van der Waals surface area (Å²) in [6, 6.07) is 1.39. The Morgan fingerprint density at radius 3 is 2.53 bits per heavy atom. The molecule has 1 aromatic rings. The third kappa shape index (κ3) is 4.92. The lowest BCUT2D eigenvalue weighted by Crippen LogP contribution is -2.17. The van der Waals surface area contributed by atoms with Crippen LogP contribution in [0.3, 0.4) is 0 Å². The van der Waals surface area contributed by atoms with Crippen LogP contribution in [0.25, 0.3) is 0 Å². The smallest absolute Gasteiger partial charge is 0.451 e. The minimum absolute atomic E-state index is 0.0599. The fourth-order valence-corrected chi connectivity index (χ4v) is 1.25. The zero-order valence-corrected chi connectivity index (χ0v) is 11.2. The minimum Gasteiger partial charge on any atom is -0.475 e. The number of anilines is 1. The van der Waals surface area contributed by atoms with Crippen LogP contribution in [0.4, 0.5) is 19.0 Å². The van der Waals surface area contributed by atoms with Gasteiger partial charge in [0, 0.05) is 12.6 Å². The van der Waals surface area contributed by atoms with E-state index in [9.17, 15) is 13.2 Å². The van der Waals surface area contributed by atoms with E-state index in [1.807, 2.05) is 13.8 Å². The minimum atomic E-state index is -4.59. The van der Waals surface area contributed by atoms with Gasteiger partial charge < -0.3 is 10.1 Å². The van der Waals surface area contributed by atoms with Gasteiger partial charge in [-0.1, -0.05) is 13.8 Å². The predicted octanol–water partition coefficient (Wildman–Crippen LogP) is 3.49. The highest BCUT2D eigenvalue weighted by Gasteiger charge is 2.35. The van der Waals surface area contributed by atoms with E-state index in [0.29, 0.717) is 13.0 Å². The number of hydrogen-bond donors (Lipinski definition) is 1. The van der Waals surface area contributed by atoms with Gasteiger partial charge in [-0.05, 0) is 19.8 Å². The van der Waals surface area contributed by atoms with Gasteiger partial charge in [-0.2, -0.15) is 18.2 Å². The summed E-state index contributed by atoms with van der Waals surface area (Å²) in [4.78, 5) is 6.85. The van der Waals surface area contributed by atoms with Crippen molar-refractivity contribution in [2.75, 3.05) is 11.9 Å². The number of ether oxygens (including phenoxy) is 1. The summed E-state index contributed by atoms with van der Waals surface area (Å²) in [6.45, 7) is 6.10. The molecule has 1 heterocycles. The van der Waals surface area contributed by atoms with Gasteiger partial charge in [-0.3, -0.25) is 0 Å². The summed E-state index contributed by atoms with van der Waals surface area (Å²) in [7, 11) is 0. The van der Waals surface area contributed by atoms with Crippen molar-refractivity contribution in [2.45, 2.75) is 45.9 Å². The highest BCUT2D eigenvalue weighted by atomic mass is 19.4. The predicted molar refractivity (Wildman–Crippen MR) is 66.2 cm³/mol. The van der Waals surface area contributed by atoms with Crippen molar-refractivity contribution in [3.05, 3.63) is 11.9 Å². The second-order valence-corrected chi connectivity index (χ2v) is 4.18. The second-order valence-electron chi connectivity index (χ2n) is 4.18. The molecule has 1 rings (SSSR count). The Morgan fingerprint density at radius 1 is 1.32 bits per heavy atom. The van der Waals surface area contributed by atoms with E-state index in [4.69, 9.17) is 4.74 Å². The Kier molecular flexibility index (Phi) is 5.38. The van der Waals surface area contributed by atoms with Crippen LogP contribution in [-0.2, 0) is 6.18 Å². The first-order chi connectivity index (χ1) is 8.86. The van der Waals surface area contributed by atoms with E-state index in [-0.39, 0.29) is 17.8 Å². The van der Waals surface area contributed by atoms with Crippen LogP contribution in [0.1, 0.15) is 39.4 Å². The number of rotatable bonds is 6. The Balaban J connectivity index is 3.02. The Hall–Kier alpha value is -1.53. The molecular weight excluding hydrogens is 259 g/mol. The third-order valence-corrected chi connectivity index (χ3v) is 2.41. The molecule has 1 aromatic heterocycles. The maximum atomic E-state index is 12.7. The molecule has 1 atom stereocenters. The molecule has 0 bridgehead atoms. The summed E-state index contributed by atoms with van der Waals surface area (Å²) in [5.74, 6) is -1.12. The number of alkyl halides is 3. The molecule has 0 amide bonds. The number of nitrogens with zero attached hydrogens (tertiary/aromatic N) is 2. The van der Waals surface area contributed by atoms with Crippen molar-refractivity contribution in [1.82, 2.24) is 9.97 Å². The molecule has 19 heavy (non-hydrogen) atoms. The second kappa shape index (κ2) is 6.58. The maximum Gasteiger partial charge on any atom is 0.451 e. The quantitative estimate of drug-likeness (QED) is 0.864. The molecule has 0 aliphatic heterocycles. The first kappa shape index (κ1) is 15.5. The van der Waals surface area contributed by atoms with Gasteiger partial charge in [0.15, 0.2) is 0 Å². The molecule has 0 saturated heterocycles. The molecule has 0 radical (unpaired) electrons. The van der Waals surface area contributed by atoms with Gasteiger partial charge in [-0.25, -0.2) is 4.98 Å². The summed E-state index contributed by atoms with van der Waals surface area (Å²) >= 11 is 0. The largest absolute Gasteiger partial charge is 0.475 e. The first-order valence-corrected chi connectivity index (χ1v) is 6.23. The highest BCUT2D eigenvalue weighted by Crippen LogP contribution is 2.29. The lowest BCUT2D eigenvalue weighted by molar-refractivity contribution is -0.145. The van der Waals surface area contributed by atoms with Crippen molar-refractivity contribution in [1.29, 1.82) is 0 Å². The van der Waals surface area contributed by atoms with Gasteiger partial charge in [0.2, 0.25) is 11.7 Å². The van der Waals surface area contributed by atoms with Gasteiger partial charge in [0.1, 0.15) is 5.82 Å². The van der Waals surface area contributed by atoms with Crippen molar-refractivity contribution in [3.8, 4) is 5.88 Å². The third-order valence-electron chi connectivity index (χ3n) is 2.41. The lowest BCUT2D eigenvalue weighted by atomic mass is 10.3. The van der Waals surface area contributed by atoms with Crippen LogP contribution in [0.2, 0.25) is 0 Å². The Morgan fingerprint density at radius 2 is 2.00 bits per heavy atom. The SMILES string of the molecule is CCCNc1cc(OC(C)CC)nc(C(F)(F)F)n1. The number of hydrogen-bond acceptors (Lipinski definition) is 4. The molecular formula is C12H18F3N3O. The van der Waals surface area contributed by atoms with E-state index in [1.54, 1.807) is 6.92 Å². The summed E-state index contributed by atoms with van der Waals surface area (Å²) in [5.41, 5.74) is 0. The van der Waals surface area contributed by atoms with Crippen LogP contribution in [0.15, 0.2) is 6.07 Å². The summed E-state index contributed by atoms with van der Waals surface area (Å²) in [5, 5.41) is 2.81. The van der Waals surface area contributed by atoms with Crippen molar-refractivity contribution in [3.63, 3.8) is 0 Å². The molecule has 0 aromatic carbocycles. The maximum absolute atomic E-state index is 12.7. The topological polar surface area (TPSA) is 47.0 Å². The van der Waals surface area contributed by atoms with Crippen LogP contribution >= 0.6 is 0 Å². The van der Waals surface area contributed by atoms with E-state index >= 15 is 0 Å². The van der Waals surface area contributed by atoms with Gasteiger partial charge >= 0.3 is 6.18 Å². The van der Waals surface area contributed by atoms with E-state index in [2.05, 4.69) is 15.3 Å². The molecule has 0 aliphatic carbocycles. The zero-order valence-electron chi connectivity index (χ0n) is 11.2. The van der Waals surface area contributed by atoms with E-state index in [1.165, 1.54) is 6.07 Å². The fraction of sp³-hybridized carbons (Fsp3) is 0.667. The molecule has 108 valence electrons. The van der Waals surface area contributed by atoms with Gasteiger partial charge in [0.05, 0.1) is 6.10 Å². The average molecular weight is 277 g/mol. The molecule has 4 nitrogen and oxygen atoms in total. The Bertz CT molecular complexity index is 410. The van der Waals surface area contributed by atoms with Gasteiger partial charge in [-0.15, -0.1) is 0 Å². The highest BCUT2D eigenvalue weighted by molar-refractivity contribution is 5.38. The van der Waals surface area contributed by atoms with Crippen LogP contribution < -0.4 is 10.1 Å². The fourth-order valence-electron chi connectivity index (χ4n) is 1.25. The number of nitrogens with one attached hydrogen (secondary N) is 1. The zero-order chi connectivity index (χ0) is 14.5. The molecule has 0 spiro atoms. The first-order valence-electron chi connectivity index (χ1n) is 6.23. The standard InChI is InChI=1S/C12H18F3N3O/c1-4-6-16-9-7-10(19-8(3)5-2)18-11(17-9)12(13,14)15/h7-8H,4-6H2,1-3H3,(H,16,17,18). The number of halogens is 3.